The second-order valence-electron chi connectivity index (χ2n) is 6.51. The average molecular weight is 272 g/mol. The van der Waals surface area contributed by atoms with E-state index in [4.69, 9.17) is 0 Å². The van der Waals surface area contributed by atoms with E-state index in [0.717, 1.165) is 5.92 Å². The second kappa shape index (κ2) is 6.73. The number of nitrogens with zero attached hydrogens (tertiary/aromatic N) is 1. The van der Waals surface area contributed by atoms with Gasteiger partial charge in [0.05, 0.1) is 0 Å². The lowest BCUT2D eigenvalue weighted by atomic mass is 9.98. The molecule has 20 heavy (non-hydrogen) atoms. The third-order valence-corrected chi connectivity index (χ3v) is 4.79. The van der Waals surface area contributed by atoms with Crippen LogP contribution >= 0.6 is 0 Å². The highest BCUT2D eigenvalue weighted by molar-refractivity contribution is 5.21. The molecule has 1 aliphatic carbocycles. The summed E-state index contributed by atoms with van der Waals surface area (Å²) in [5.74, 6) is 0.881. The summed E-state index contributed by atoms with van der Waals surface area (Å²) in [4.78, 5) is 2.62. The van der Waals surface area contributed by atoms with Crippen molar-refractivity contribution in [2.75, 3.05) is 19.6 Å². The maximum Gasteiger partial charge on any atom is 0.0351 e. The molecular formula is C18H28N2. The Hall–Kier alpha value is -0.860. The van der Waals surface area contributed by atoms with Crippen LogP contribution in [0.15, 0.2) is 30.3 Å². The Kier molecular flexibility index (Phi) is 4.74. The van der Waals surface area contributed by atoms with E-state index in [0.29, 0.717) is 12.1 Å². The van der Waals surface area contributed by atoms with Crippen molar-refractivity contribution in [2.45, 2.75) is 51.1 Å². The molecule has 1 aliphatic heterocycles. The number of nitrogens with one attached hydrogen (secondary N) is 1. The molecule has 1 aromatic rings. The summed E-state index contributed by atoms with van der Waals surface area (Å²) in [6, 6.07) is 12.4. The summed E-state index contributed by atoms with van der Waals surface area (Å²) in [6.45, 7) is 6.11. The first-order valence-electron chi connectivity index (χ1n) is 8.40. The van der Waals surface area contributed by atoms with E-state index >= 15 is 0 Å². The van der Waals surface area contributed by atoms with Gasteiger partial charge in [-0.1, -0.05) is 37.3 Å². The lowest BCUT2D eigenvalue weighted by Gasteiger charge is -2.34. The minimum absolute atomic E-state index is 0.596. The van der Waals surface area contributed by atoms with Crippen molar-refractivity contribution in [1.29, 1.82) is 0 Å². The molecule has 1 N–H and O–H groups in total. The molecule has 2 heteroatoms. The normalized spacial score (nSPS) is 22.9. The molecule has 1 atom stereocenters. The van der Waals surface area contributed by atoms with Crippen molar-refractivity contribution < 1.29 is 0 Å². The fourth-order valence-electron chi connectivity index (χ4n) is 3.49. The summed E-state index contributed by atoms with van der Waals surface area (Å²) in [6.07, 6.45) is 6.72. The number of piperidine rings is 1. The van der Waals surface area contributed by atoms with Crippen molar-refractivity contribution in [2.24, 2.45) is 5.92 Å². The average Bonchev–Trinajstić information content (AvgIpc) is 3.32. The zero-order valence-corrected chi connectivity index (χ0v) is 12.7. The van der Waals surface area contributed by atoms with E-state index in [1.54, 1.807) is 0 Å². The predicted octanol–water partition coefficient (Wildman–Crippen LogP) is 3.60. The molecule has 0 amide bonds. The van der Waals surface area contributed by atoms with Gasteiger partial charge in [0, 0.05) is 12.1 Å². The molecule has 110 valence electrons. The van der Waals surface area contributed by atoms with Gasteiger partial charge in [0.25, 0.3) is 0 Å². The summed E-state index contributed by atoms with van der Waals surface area (Å²) in [7, 11) is 0. The minimum Gasteiger partial charge on any atom is -0.307 e. The molecule has 2 aliphatic rings. The molecule has 3 rings (SSSR count). The van der Waals surface area contributed by atoms with Gasteiger partial charge >= 0.3 is 0 Å². The van der Waals surface area contributed by atoms with Crippen molar-refractivity contribution in [3.05, 3.63) is 35.9 Å². The Morgan fingerprint density at radius 1 is 1.10 bits per heavy atom. The van der Waals surface area contributed by atoms with E-state index in [2.05, 4.69) is 47.5 Å². The van der Waals surface area contributed by atoms with E-state index < -0.39 is 0 Å². The van der Waals surface area contributed by atoms with Gasteiger partial charge in [0.15, 0.2) is 0 Å². The number of likely N-dealkylation sites (tertiary alicyclic amines) is 1. The van der Waals surface area contributed by atoms with Crippen LogP contribution in [-0.4, -0.2) is 30.6 Å². The first kappa shape index (κ1) is 14.1. The molecule has 0 spiro atoms. The molecule has 2 fully saturated rings. The van der Waals surface area contributed by atoms with Gasteiger partial charge in [-0.2, -0.15) is 0 Å². The maximum absolute atomic E-state index is 3.97. The van der Waals surface area contributed by atoms with Crippen LogP contribution in [-0.2, 0) is 0 Å². The lowest BCUT2D eigenvalue weighted by Crippen LogP contribution is -2.44. The SMILES string of the molecule is CCCN1CCC(NC(c2ccccc2)C2CC2)CC1. The lowest BCUT2D eigenvalue weighted by molar-refractivity contribution is 0.188. The van der Waals surface area contributed by atoms with Gasteiger partial charge < -0.3 is 10.2 Å². The van der Waals surface area contributed by atoms with Crippen molar-refractivity contribution in [3.8, 4) is 0 Å². The van der Waals surface area contributed by atoms with Crippen LogP contribution in [0.25, 0.3) is 0 Å². The highest BCUT2D eigenvalue weighted by atomic mass is 15.1. The highest BCUT2D eigenvalue weighted by Crippen LogP contribution is 2.41. The Morgan fingerprint density at radius 3 is 2.40 bits per heavy atom. The third kappa shape index (κ3) is 3.62. The van der Waals surface area contributed by atoms with Crippen LogP contribution in [0.5, 0.6) is 0 Å². The monoisotopic (exact) mass is 272 g/mol. The zero-order chi connectivity index (χ0) is 13.8. The molecule has 1 heterocycles. The van der Waals surface area contributed by atoms with E-state index in [-0.39, 0.29) is 0 Å². The van der Waals surface area contributed by atoms with Gasteiger partial charge in [-0.05, 0) is 63.2 Å². The standard InChI is InChI=1S/C18H28N2/c1-2-12-20-13-10-17(11-14-20)19-18(16-8-9-16)15-6-4-3-5-7-15/h3-7,16-19H,2,8-14H2,1H3. The fraction of sp³-hybridized carbons (Fsp3) is 0.667. The third-order valence-electron chi connectivity index (χ3n) is 4.79. The number of benzene rings is 1. The molecular weight excluding hydrogens is 244 g/mol. The van der Waals surface area contributed by atoms with E-state index in [1.807, 2.05) is 0 Å². The van der Waals surface area contributed by atoms with Gasteiger partial charge in [-0.15, -0.1) is 0 Å². The molecule has 1 aromatic carbocycles. The van der Waals surface area contributed by atoms with Crippen LogP contribution in [0.1, 0.15) is 50.6 Å². The van der Waals surface area contributed by atoms with E-state index in [1.165, 1.54) is 57.3 Å². The van der Waals surface area contributed by atoms with Crippen molar-refractivity contribution >= 4 is 0 Å². The second-order valence-corrected chi connectivity index (χ2v) is 6.51. The van der Waals surface area contributed by atoms with Crippen LogP contribution in [0, 0.1) is 5.92 Å². The number of rotatable bonds is 6. The van der Waals surface area contributed by atoms with Crippen molar-refractivity contribution in [1.82, 2.24) is 10.2 Å². The summed E-state index contributed by atoms with van der Waals surface area (Å²) >= 11 is 0. The molecule has 2 nitrogen and oxygen atoms in total. The first-order valence-corrected chi connectivity index (χ1v) is 8.40. The molecule has 0 aromatic heterocycles. The molecule has 0 bridgehead atoms. The topological polar surface area (TPSA) is 15.3 Å². The quantitative estimate of drug-likeness (QED) is 0.851. The fourth-order valence-corrected chi connectivity index (χ4v) is 3.49. The molecule has 1 unspecified atom stereocenters. The van der Waals surface area contributed by atoms with Crippen LogP contribution in [0.4, 0.5) is 0 Å². The molecule has 1 saturated carbocycles. The van der Waals surface area contributed by atoms with Gasteiger partial charge in [-0.3, -0.25) is 0 Å². The Labute approximate surface area is 123 Å². The van der Waals surface area contributed by atoms with Crippen LogP contribution in [0.2, 0.25) is 0 Å². The van der Waals surface area contributed by atoms with Crippen LogP contribution < -0.4 is 5.32 Å². The number of hydrogen-bond donors (Lipinski definition) is 1. The summed E-state index contributed by atoms with van der Waals surface area (Å²) in [5.41, 5.74) is 1.49. The Morgan fingerprint density at radius 2 is 1.80 bits per heavy atom. The Bertz CT molecular complexity index is 391. The van der Waals surface area contributed by atoms with Crippen LogP contribution in [0.3, 0.4) is 0 Å². The number of hydrogen-bond acceptors (Lipinski definition) is 2. The van der Waals surface area contributed by atoms with Crippen molar-refractivity contribution in [3.63, 3.8) is 0 Å². The molecule has 0 radical (unpaired) electrons. The minimum atomic E-state index is 0.596. The highest BCUT2D eigenvalue weighted by Gasteiger charge is 2.34. The van der Waals surface area contributed by atoms with E-state index in [9.17, 15) is 0 Å². The molecule has 1 saturated heterocycles. The smallest absolute Gasteiger partial charge is 0.0351 e. The summed E-state index contributed by atoms with van der Waals surface area (Å²) in [5, 5.41) is 3.97. The predicted molar refractivity (Wildman–Crippen MR) is 84.8 cm³/mol. The van der Waals surface area contributed by atoms with Gasteiger partial charge in [-0.25, -0.2) is 0 Å². The van der Waals surface area contributed by atoms with Gasteiger partial charge in [0.2, 0.25) is 0 Å². The first-order chi connectivity index (χ1) is 9.86. The van der Waals surface area contributed by atoms with Gasteiger partial charge in [0.1, 0.15) is 0 Å². The summed E-state index contributed by atoms with van der Waals surface area (Å²) < 4.78 is 0. The zero-order valence-electron chi connectivity index (χ0n) is 12.7. The maximum atomic E-state index is 3.97. The largest absolute Gasteiger partial charge is 0.307 e. The Balaban J connectivity index is 1.56.